The summed E-state index contributed by atoms with van der Waals surface area (Å²) >= 11 is 0. The highest BCUT2D eigenvalue weighted by Crippen LogP contribution is 2.40. The van der Waals surface area contributed by atoms with Crippen molar-refractivity contribution in [2.24, 2.45) is 5.73 Å². The van der Waals surface area contributed by atoms with Gasteiger partial charge in [0.2, 0.25) is 0 Å². The lowest BCUT2D eigenvalue weighted by Gasteiger charge is -2.23. The van der Waals surface area contributed by atoms with Crippen LogP contribution in [0.15, 0.2) is 158 Å². The zero-order valence-corrected chi connectivity index (χ0v) is 26.2. The fraction of sp³-hybridized carbons (Fsp3) is 0.0952. The van der Waals surface area contributed by atoms with Crippen molar-refractivity contribution in [3.63, 3.8) is 0 Å². The normalized spacial score (nSPS) is 12.7. The average Bonchev–Trinajstić information content (AvgIpc) is 3.47. The Labute approximate surface area is 270 Å². The molecule has 226 valence electrons. The highest BCUT2D eigenvalue weighted by atomic mass is 15.2. The minimum Gasteiger partial charge on any atom is -0.312 e. The Morgan fingerprint density at radius 1 is 0.543 bits per heavy atom. The molecule has 7 aromatic carbocycles. The molecule has 4 nitrogen and oxygen atoms in total. The van der Waals surface area contributed by atoms with Crippen molar-refractivity contribution in [1.29, 1.82) is 0 Å². The fourth-order valence-electron chi connectivity index (χ4n) is 6.52. The van der Waals surface area contributed by atoms with Gasteiger partial charge in [0.15, 0.2) is 0 Å². The molecule has 0 fully saturated rings. The second kappa shape index (κ2) is 13.0. The summed E-state index contributed by atoms with van der Waals surface area (Å²) in [7, 11) is 1.92. The van der Waals surface area contributed by atoms with Crippen molar-refractivity contribution in [2.75, 3.05) is 7.05 Å². The summed E-state index contributed by atoms with van der Waals surface area (Å²) in [6.45, 7) is 2.15. The Balaban J connectivity index is 0.000000163. The Morgan fingerprint density at radius 2 is 1.07 bits per heavy atom. The van der Waals surface area contributed by atoms with E-state index in [1.54, 1.807) is 0 Å². The smallest absolute Gasteiger partial charge is 0.0847 e. The molecule has 1 heterocycles. The van der Waals surface area contributed by atoms with Gasteiger partial charge in [0.05, 0.1) is 23.4 Å². The third-order valence-electron chi connectivity index (χ3n) is 8.73. The highest BCUT2D eigenvalue weighted by Gasteiger charge is 2.17. The number of nitrogens with zero attached hydrogens (tertiary/aromatic N) is 1. The number of aryl methyl sites for hydroxylation is 1. The van der Waals surface area contributed by atoms with Crippen LogP contribution in [0.2, 0.25) is 0 Å². The zero-order chi connectivity index (χ0) is 31.5. The summed E-state index contributed by atoms with van der Waals surface area (Å²) in [6, 6.07) is 55.4. The molecule has 0 spiro atoms. The maximum absolute atomic E-state index is 6.16. The first-order valence-electron chi connectivity index (χ1n) is 15.8. The van der Waals surface area contributed by atoms with E-state index in [4.69, 9.17) is 5.73 Å². The third kappa shape index (κ3) is 5.66. The predicted molar refractivity (Wildman–Crippen MR) is 195 cm³/mol. The van der Waals surface area contributed by atoms with E-state index in [0.717, 1.165) is 5.56 Å². The molecule has 4 N–H and O–H groups in total. The van der Waals surface area contributed by atoms with Crippen LogP contribution in [-0.2, 0) is 0 Å². The monoisotopic (exact) mass is 598 g/mol. The lowest BCUT2D eigenvalue weighted by molar-refractivity contribution is 0.411. The molecule has 0 saturated heterocycles. The zero-order valence-electron chi connectivity index (χ0n) is 26.2. The van der Waals surface area contributed by atoms with Crippen LogP contribution in [-0.4, -0.2) is 11.6 Å². The standard InChI is InChI=1S/C27H19N.C15H19N3/c1-18-7-6-10-21(17-18)28-24-15-13-19-8-2-4-11-22(19)26(24)27-23-12-5-3-9-20(23)14-16-25(27)28;1-17-15(13-10-6-3-7-11-13)18-14(16)12-8-4-2-5-9-12/h2-17H,1H3;2-11,14-15,17-18H,16H2,1H3. The molecule has 0 amide bonds. The summed E-state index contributed by atoms with van der Waals surface area (Å²) in [5.41, 5.74) is 13.4. The summed E-state index contributed by atoms with van der Waals surface area (Å²) in [5.74, 6) is 0. The Kier molecular flexibility index (Phi) is 8.32. The minimum atomic E-state index is -0.191. The molecule has 0 aliphatic rings. The molecule has 2 unspecified atom stereocenters. The van der Waals surface area contributed by atoms with Gasteiger partial charge in [0, 0.05) is 16.5 Å². The van der Waals surface area contributed by atoms with E-state index in [1.165, 1.54) is 60.2 Å². The molecule has 8 aromatic rings. The van der Waals surface area contributed by atoms with E-state index < -0.39 is 0 Å². The van der Waals surface area contributed by atoms with Crippen LogP contribution in [0.3, 0.4) is 0 Å². The Bertz CT molecular complexity index is 2160. The lowest BCUT2D eigenvalue weighted by Crippen LogP contribution is -2.38. The van der Waals surface area contributed by atoms with Crippen molar-refractivity contribution >= 4 is 43.4 Å². The molecular weight excluding hydrogens is 560 g/mol. The van der Waals surface area contributed by atoms with E-state index in [1.807, 2.05) is 55.6 Å². The maximum Gasteiger partial charge on any atom is 0.0847 e. The number of nitrogens with one attached hydrogen (secondary N) is 2. The topological polar surface area (TPSA) is 55.0 Å². The highest BCUT2D eigenvalue weighted by molar-refractivity contribution is 6.28. The Hall–Kier alpha value is -5.26. The van der Waals surface area contributed by atoms with Gasteiger partial charge in [0.1, 0.15) is 0 Å². The van der Waals surface area contributed by atoms with Gasteiger partial charge in [0.25, 0.3) is 0 Å². The number of rotatable bonds is 6. The lowest BCUT2D eigenvalue weighted by atomic mass is 10.00. The van der Waals surface area contributed by atoms with Crippen molar-refractivity contribution in [3.05, 3.63) is 174 Å². The first kappa shape index (κ1) is 29.5. The van der Waals surface area contributed by atoms with Gasteiger partial charge >= 0.3 is 0 Å². The van der Waals surface area contributed by atoms with E-state index in [2.05, 4.69) is 131 Å². The van der Waals surface area contributed by atoms with Crippen LogP contribution in [0.5, 0.6) is 0 Å². The average molecular weight is 599 g/mol. The van der Waals surface area contributed by atoms with Gasteiger partial charge in [-0.2, -0.15) is 0 Å². The van der Waals surface area contributed by atoms with Crippen LogP contribution >= 0.6 is 0 Å². The number of nitrogens with two attached hydrogens (primary N) is 1. The van der Waals surface area contributed by atoms with Gasteiger partial charge < -0.3 is 15.6 Å². The van der Waals surface area contributed by atoms with E-state index in [9.17, 15) is 0 Å². The number of hydrogen-bond donors (Lipinski definition) is 3. The van der Waals surface area contributed by atoms with Crippen molar-refractivity contribution in [1.82, 2.24) is 15.2 Å². The maximum atomic E-state index is 6.16. The summed E-state index contributed by atoms with van der Waals surface area (Å²) in [5, 5.41) is 14.5. The van der Waals surface area contributed by atoms with Crippen molar-refractivity contribution in [2.45, 2.75) is 19.3 Å². The van der Waals surface area contributed by atoms with Gasteiger partial charge in [-0.05, 0) is 76.5 Å². The largest absolute Gasteiger partial charge is 0.312 e. The second-order valence-electron chi connectivity index (χ2n) is 11.7. The first-order chi connectivity index (χ1) is 22.6. The molecule has 4 heteroatoms. The molecule has 2 atom stereocenters. The fourth-order valence-corrected chi connectivity index (χ4v) is 6.52. The molecule has 0 saturated carbocycles. The molecule has 0 aliphatic heterocycles. The van der Waals surface area contributed by atoms with Gasteiger partial charge in [-0.25, -0.2) is 0 Å². The minimum absolute atomic E-state index is 0.0430. The first-order valence-corrected chi connectivity index (χ1v) is 15.8. The quantitative estimate of drug-likeness (QED) is 0.167. The van der Waals surface area contributed by atoms with E-state index in [0.29, 0.717) is 0 Å². The van der Waals surface area contributed by atoms with Crippen LogP contribution in [0, 0.1) is 6.92 Å². The molecular formula is C42H38N4. The number of fused-ring (bicyclic) bond motifs is 7. The third-order valence-corrected chi connectivity index (χ3v) is 8.73. The van der Waals surface area contributed by atoms with Crippen molar-refractivity contribution in [3.8, 4) is 5.69 Å². The molecule has 0 radical (unpaired) electrons. The van der Waals surface area contributed by atoms with Gasteiger partial charge in [-0.15, -0.1) is 0 Å². The molecule has 46 heavy (non-hydrogen) atoms. The van der Waals surface area contributed by atoms with E-state index in [-0.39, 0.29) is 12.3 Å². The summed E-state index contributed by atoms with van der Waals surface area (Å²) in [6.07, 6.45) is -0.148. The molecule has 1 aromatic heterocycles. The van der Waals surface area contributed by atoms with Crippen LogP contribution in [0.4, 0.5) is 0 Å². The molecule has 0 bridgehead atoms. The SMILES string of the molecule is CNC(NC(N)c1ccccc1)c1ccccc1.Cc1cccc(-n2c3ccc4ccccc4c3c3c4ccccc4ccc32)c1. The van der Waals surface area contributed by atoms with Gasteiger partial charge in [-0.1, -0.05) is 133 Å². The van der Waals surface area contributed by atoms with Crippen LogP contribution in [0.25, 0.3) is 49.0 Å². The number of benzene rings is 7. The predicted octanol–water partition coefficient (Wildman–Crippen LogP) is 9.55. The molecule has 0 aliphatic carbocycles. The molecule has 8 rings (SSSR count). The van der Waals surface area contributed by atoms with Crippen LogP contribution in [0.1, 0.15) is 29.0 Å². The summed E-state index contributed by atoms with van der Waals surface area (Å²) in [4.78, 5) is 0. The van der Waals surface area contributed by atoms with Crippen molar-refractivity contribution < 1.29 is 0 Å². The van der Waals surface area contributed by atoms with Crippen LogP contribution < -0.4 is 16.4 Å². The Morgan fingerprint density at radius 3 is 1.61 bits per heavy atom. The van der Waals surface area contributed by atoms with E-state index >= 15 is 0 Å². The van der Waals surface area contributed by atoms with Gasteiger partial charge in [-0.3, -0.25) is 5.32 Å². The number of hydrogen-bond acceptors (Lipinski definition) is 3. The summed E-state index contributed by atoms with van der Waals surface area (Å²) < 4.78 is 2.41. The second-order valence-corrected chi connectivity index (χ2v) is 11.7. The number of aromatic nitrogens is 1.